The average Bonchev–Trinajstić information content (AvgIpc) is 2.58. The molecule has 11 heteroatoms. The first-order valence-corrected chi connectivity index (χ1v) is 8.27. The predicted molar refractivity (Wildman–Crippen MR) is 97.3 cm³/mol. The molecule has 1 N–H and O–H groups in total. The van der Waals surface area contributed by atoms with E-state index in [9.17, 15) is 14.9 Å². The second-order valence-electron chi connectivity index (χ2n) is 4.79. The normalized spacial score (nSPS) is 10.3. The molecule has 0 bridgehead atoms. The van der Waals surface area contributed by atoms with Crippen molar-refractivity contribution in [1.82, 2.24) is 4.98 Å². The van der Waals surface area contributed by atoms with Crippen molar-refractivity contribution in [3.63, 3.8) is 0 Å². The Morgan fingerprint density at radius 2 is 2.00 bits per heavy atom. The summed E-state index contributed by atoms with van der Waals surface area (Å²) in [5.74, 6) is -0.303. The van der Waals surface area contributed by atoms with Crippen LogP contribution in [-0.4, -0.2) is 35.6 Å². The van der Waals surface area contributed by atoms with Crippen molar-refractivity contribution in [3.8, 4) is 5.75 Å². The molecule has 0 saturated carbocycles. The van der Waals surface area contributed by atoms with Crippen molar-refractivity contribution >= 4 is 52.3 Å². The zero-order valence-corrected chi connectivity index (χ0v) is 15.3. The SMILES string of the molecule is O=C(COc1ccc(Cl)cc1Cl)OCCNc1ncc(Cl)cc1[N+](=O)[O-]. The highest BCUT2D eigenvalue weighted by atomic mass is 35.5. The molecule has 0 atom stereocenters. The summed E-state index contributed by atoms with van der Waals surface area (Å²) < 4.78 is 10.2. The predicted octanol–water partition coefficient (Wildman–Crippen LogP) is 3.98. The largest absolute Gasteiger partial charge is 0.480 e. The number of halogens is 3. The van der Waals surface area contributed by atoms with Crippen LogP contribution in [0.25, 0.3) is 0 Å². The molecular formula is C15H12Cl3N3O5. The van der Waals surface area contributed by atoms with Crippen LogP contribution < -0.4 is 10.1 Å². The Bertz CT molecular complexity index is 819. The zero-order chi connectivity index (χ0) is 19.1. The standard InChI is InChI=1S/C15H12Cl3N3O5/c16-9-1-2-13(11(18)5-9)26-8-14(22)25-4-3-19-15-12(21(23)24)6-10(17)7-20-15/h1-2,5-7H,3-4,8H2,(H,19,20). The molecular weight excluding hydrogens is 409 g/mol. The van der Waals surface area contributed by atoms with E-state index in [4.69, 9.17) is 44.3 Å². The van der Waals surface area contributed by atoms with Gasteiger partial charge in [-0.15, -0.1) is 0 Å². The summed E-state index contributed by atoms with van der Waals surface area (Å²) in [6, 6.07) is 5.77. The second kappa shape index (κ2) is 9.42. The molecule has 2 aromatic rings. The summed E-state index contributed by atoms with van der Waals surface area (Å²) in [6.45, 7) is -0.276. The number of anilines is 1. The first-order chi connectivity index (χ1) is 12.4. The van der Waals surface area contributed by atoms with Crippen LogP contribution in [0.4, 0.5) is 11.5 Å². The maximum Gasteiger partial charge on any atom is 0.344 e. The number of esters is 1. The second-order valence-corrected chi connectivity index (χ2v) is 6.07. The molecule has 0 aliphatic carbocycles. The average molecular weight is 421 g/mol. The van der Waals surface area contributed by atoms with Crippen molar-refractivity contribution in [1.29, 1.82) is 0 Å². The number of benzene rings is 1. The molecule has 1 aromatic carbocycles. The van der Waals surface area contributed by atoms with E-state index >= 15 is 0 Å². The van der Waals surface area contributed by atoms with Crippen LogP contribution in [0.1, 0.15) is 0 Å². The molecule has 8 nitrogen and oxygen atoms in total. The Morgan fingerprint density at radius 1 is 1.23 bits per heavy atom. The Kier molecular flexibility index (Phi) is 7.26. The molecule has 0 aliphatic heterocycles. The van der Waals surface area contributed by atoms with Crippen molar-refractivity contribution in [2.24, 2.45) is 0 Å². The minimum absolute atomic E-state index is 0.0274. The number of hydrogen-bond acceptors (Lipinski definition) is 7. The van der Waals surface area contributed by atoms with Gasteiger partial charge >= 0.3 is 11.7 Å². The van der Waals surface area contributed by atoms with Crippen molar-refractivity contribution < 1.29 is 19.2 Å². The molecule has 0 unspecified atom stereocenters. The van der Waals surface area contributed by atoms with E-state index in [-0.39, 0.29) is 41.3 Å². The third kappa shape index (κ3) is 5.91. The third-order valence-electron chi connectivity index (χ3n) is 2.93. The monoisotopic (exact) mass is 419 g/mol. The van der Waals surface area contributed by atoms with Gasteiger partial charge in [-0.05, 0) is 18.2 Å². The molecule has 1 heterocycles. The fraction of sp³-hybridized carbons (Fsp3) is 0.200. The molecule has 0 spiro atoms. The van der Waals surface area contributed by atoms with Gasteiger partial charge in [-0.2, -0.15) is 0 Å². The summed E-state index contributed by atoms with van der Waals surface area (Å²) in [5.41, 5.74) is -0.274. The van der Waals surface area contributed by atoms with Crippen LogP contribution in [0.5, 0.6) is 5.75 Å². The number of hydrogen-bond donors (Lipinski definition) is 1. The lowest BCUT2D eigenvalue weighted by molar-refractivity contribution is -0.384. The Labute approximate surface area is 163 Å². The topological polar surface area (TPSA) is 104 Å². The lowest BCUT2D eigenvalue weighted by atomic mass is 10.3. The van der Waals surface area contributed by atoms with Crippen LogP contribution in [0.2, 0.25) is 15.1 Å². The van der Waals surface area contributed by atoms with Gasteiger partial charge in [-0.1, -0.05) is 34.8 Å². The van der Waals surface area contributed by atoms with Crippen LogP contribution in [0.3, 0.4) is 0 Å². The van der Waals surface area contributed by atoms with E-state index in [0.29, 0.717) is 10.8 Å². The molecule has 1 aromatic heterocycles. The summed E-state index contributed by atoms with van der Waals surface area (Å²) in [6.07, 6.45) is 1.27. The smallest absolute Gasteiger partial charge is 0.344 e. The molecule has 138 valence electrons. The summed E-state index contributed by atoms with van der Waals surface area (Å²) in [5, 5.41) is 14.5. The Balaban J connectivity index is 1.76. The Hall–Kier alpha value is -2.29. The maximum absolute atomic E-state index is 11.6. The molecule has 0 aliphatic rings. The van der Waals surface area contributed by atoms with Gasteiger partial charge in [-0.25, -0.2) is 9.78 Å². The third-order valence-corrected chi connectivity index (χ3v) is 3.67. The zero-order valence-electron chi connectivity index (χ0n) is 13.1. The fourth-order valence-electron chi connectivity index (χ4n) is 1.81. The first-order valence-electron chi connectivity index (χ1n) is 7.14. The summed E-state index contributed by atoms with van der Waals surface area (Å²) in [7, 11) is 0. The van der Waals surface area contributed by atoms with Gasteiger partial charge in [0.25, 0.3) is 0 Å². The van der Waals surface area contributed by atoms with Gasteiger partial charge in [0.1, 0.15) is 12.4 Å². The first kappa shape index (κ1) is 20.0. The van der Waals surface area contributed by atoms with Crippen LogP contribution >= 0.6 is 34.8 Å². The van der Waals surface area contributed by atoms with E-state index in [1.165, 1.54) is 24.4 Å². The number of carbonyl (C=O) groups is 1. The fourth-order valence-corrected chi connectivity index (χ4v) is 2.42. The number of rotatable bonds is 8. The van der Waals surface area contributed by atoms with E-state index < -0.39 is 10.9 Å². The van der Waals surface area contributed by atoms with Crippen molar-refractivity contribution in [2.45, 2.75) is 0 Å². The Morgan fingerprint density at radius 3 is 2.69 bits per heavy atom. The summed E-state index contributed by atoms with van der Waals surface area (Å²) in [4.78, 5) is 25.8. The van der Waals surface area contributed by atoms with Crippen LogP contribution in [0, 0.1) is 10.1 Å². The molecule has 2 rings (SSSR count). The van der Waals surface area contributed by atoms with Crippen molar-refractivity contribution in [3.05, 3.63) is 55.6 Å². The van der Waals surface area contributed by atoms with E-state index in [0.717, 1.165) is 0 Å². The number of nitrogens with one attached hydrogen (secondary N) is 1. The highest BCUT2D eigenvalue weighted by Crippen LogP contribution is 2.27. The molecule has 0 fully saturated rings. The van der Waals surface area contributed by atoms with Gasteiger partial charge in [0.15, 0.2) is 6.61 Å². The van der Waals surface area contributed by atoms with Gasteiger partial charge in [0, 0.05) is 17.3 Å². The van der Waals surface area contributed by atoms with E-state index in [2.05, 4.69) is 10.3 Å². The van der Waals surface area contributed by atoms with Crippen molar-refractivity contribution in [2.75, 3.05) is 25.1 Å². The quantitative estimate of drug-likeness (QED) is 0.298. The minimum atomic E-state index is -0.628. The number of nitrogens with zero attached hydrogens (tertiary/aromatic N) is 2. The van der Waals surface area contributed by atoms with Gasteiger partial charge in [0.2, 0.25) is 5.82 Å². The van der Waals surface area contributed by atoms with Crippen LogP contribution in [0.15, 0.2) is 30.5 Å². The number of carbonyl (C=O) groups excluding carboxylic acids is 1. The van der Waals surface area contributed by atoms with E-state index in [1.54, 1.807) is 6.07 Å². The minimum Gasteiger partial charge on any atom is -0.480 e. The number of ether oxygens (including phenoxy) is 2. The number of pyridine rings is 1. The highest BCUT2D eigenvalue weighted by Gasteiger charge is 2.15. The molecule has 0 amide bonds. The van der Waals surface area contributed by atoms with Gasteiger partial charge < -0.3 is 14.8 Å². The van der Waals surface area contributed by atoms with Gasteiger partial charge in [-0.3, -0.25) is 10.1 Å². The number of nitro groups is 1. The van der Waals surface area contributed by atoms with E-state index in [1.807, 2.05) is 0 Å². The number of aromatic nitrogens is 1. The molecule has 0 saturated heterocycles. The van der Waals surface area contributed by atoms with Gasteiger partial charge in [0.05, 0.1) is 21.5 Å². The van der Waals surface area contributed by atoms with Crippen LogP contribution in [-0.2, 0) is 9.53 Å². The highest BCUT2D eigenvalue weighted by molar-refractivity contribution is 6.35. The molecule has 0 radical (unpaired) electrons. The summed E-state index contributed by atoms with van der Waals surface area (Å²) >= 11 is 17.4. The molecule has 26 heavy (non-hydrogen) atoms. The lowest BCUT2D eigenvalue weighted by Gasteiger charge is -2.09. The maximum atomic E-state index is 11.6. The lowest BCUT2D eigenvalue weighted by Crippen LogP contribution is -2.19.